The highest BCUT2D eigenvalue weighted by atomic mass is 16.3. The number of aliphatic hydroxyl groups excluding tert-OH is 1. The van der Waals surface area contributed by atoms with Gasteiger partial charge in [0.15, 0.2) is 5.78 Å². The summed E-state index contributed by atoms with van der Waals surface area (Å²) in [7, 11) is 0. The smallest absolute Gasteiger partial charge is 0.166 e. The van der Waals surface area contributed by atoms with Gasteiger partial charge >= 0.3 is 0 Å². The second kappa shape index (κ2) is 6.18. The van der Waals surface area contributed by atoms with Crippen molar-refractivity contribution in [3.05, 3.63) is 0 Å². The highest BCUT2D eigenvalue weighted by Gasteiger charge is 2.27. The molecule has 14 heavy (non-hydrogen) atoms. The Labute approximate surface area is 87.7 Å². The third kappa shape index (κ3) is 5.38. The minimum absolute atomic E-state index is 0.0333. The van der Waals surface area contributed by atoms with Gasteiger partial charge in [-0.2, -0.15) is 0 Å². The molecule has 0 amide bonds. The Morgan fingerprint density at radius 3 is 2.21 bits per heavy atom. The highest BCUT2D eigenvalue weighted by molar-refractivity contribution is 5.87. The lowest BCUT2D eigenvalue weighted by Crippen LogP contribution is -2.32. The van der Waals surface area contributed by atoms with Crippen LogP contribution in [0.2, 0.25) is 0 Å². The Kier molecular flexibility index (Phi) is 6.01. The molecule has 0 aromatic heterocycles. The lowest BCUT2D eigenvalue weighted by atomic mass is 9.86. The van der Waals surface area contributed by atoms with Crippen LogP contribution < -0.4 is 0 Å². The average Bonchev–Trinajstić information content (AvgIpc) is 2.09. The van der Waals surface area contributed by atoms with Crippen LogP contribution in [0.3, 0.4) is 0 Å². The van der Waals surface area contributed by atoms with Crippen molar-refractivity contribution in [1.29, 1.82) is 0 Å². The van der Waals surface area contributed by atoms with Crippen molar-refractivity contribution in [2.45, 2.75) is 65.9 Å². The van der Waals surface area contributed by atoms with E-state index in [1.807, 2.05) is 20.8 Å². The predicted molar refractivity (Wildman–Crippen MR) is 59.2 cm³/mol. The molecule has 0 aliphatic rings. The summed E-state index contributed by atoms with van der Waals surface area (Å²) in [5, 5.41) is 9.60. The molecule has 2 heteroatoms. The Bertz CT molecular complexity index is 168. The van der Waals surface area contributed by atoms with Gasteiger partial charge in [-0.1, -0.05) is 53.4 Å². The fraction of sp³-hybridized carbons (Fsp3) is 0.917. The number of ketones is 1. The van der Waals surface area contributed by atoms with Crippen molar-refractivity contribution < 1.29 is 9.90 Å². The van der Waals surface area contributed by atoms with Gasteiger partial charge in [0, 0.05) is 5.41 Å². The predicted octanol–water partition coefficient (Wildman–Crippen LogP) is 2.93. The van der Waals surface area contributed by atoms with E-state index >= 15 is 0 Å². The summed E-state index contributed by atoms with van der Waals surface area (Å²) in [6, 6.07) is 0. The summed E-state index contributed by atoms with van der Waals surface area (Å²) in [6.07, 6.45) is 4.31. The topological polar surface area (TPSA) is 37.3 Å². The van der Waals surface area contributed by atoms with Crippen molar-refractivity contribution in [3.63, 3.8) is 0 Å². The Hall–Kier alpha value is -0.370. The van der Waals surface area contributed by atoms with E-state index in [2.05, 4.69) is 6.92 Å². The van der Waals surface area contributed by atoms with Gasteiger partial charge in [-0.15, -0.1) is 0 Å². The van der Waals surface area contributed by atoms with E-state index in [0.717, 1.165) is 12.8 Å². The first kappa shape index (κ1) is 13.6. The number of Topliss-reactive ketones (excluding diaryl/α,β-unsaturated/α-hetero) is 1. The zero-order chi connectivity index (χ0) is 11.2. The normalized spacial score (nSPS) is 14.1. The van der Waals surface area contributed by atoms with Crippen molar-refractivity contribution >= 4 is 5.78 Å². The molecule has 0 aliphatic heterocycles. The highest BCUT2D eigenvalue weighted by Crippen LogP contribution is 2.19. The zero-order valence-electron chi connectivity index (χ0n) is 9.97. The molecule has 0 radical (unpaired) electrons. The largest absolute Gasteiger partial charge is 0.385 e. The number of hydrogen-bond acceptors (Lipinski definition) is 2. The molecular formula is C12H24O2. The maximum Gasteiger partial charge on any atom is 0.166 e. The van der Waals surface area contributed by atoms with Crippen LogP contribution in [0.15, 0.2) is 0 Å². The van der Waals surface area contributed by atoms with E-state index < -0.39 is 11.5 Å². The van der Waals surface area contributed by atoms with Gasteiger partial charge < -0.3 is 5.11 Å². The second-order valence-electron chi connectivity index (χ2n) is 4.98. The van der Waals surface area contributed by atoms with Gasteiger partial charge in [0.1, 0.15) is 6.10 Å². The summed E-state index contributed by atoms with van der Waals surface area (Å²) < 4.78 is 0. The molecule has 0 heterocycles. The van der Waals surface area contributed by atoms with Crippen molar-refractivity contribution in [2.75, 3.05) is 0 Å². The van der Waals surface area contributed by atoms with E-state index in [9.17, 15) is 9.90 Å². The zero-order valence-corrected chi connectivity index (χ0v) is 9.97. The molecule has 0 aromatic rings. The van der Waals surface area contributed by atoms with Crippen LogP contribution in [0.1, 0.15) is 59.8 Å². The summed E-state index contributed by atoms with van der Waals surface area (Å²) >= 11 is 0. The van der Waals surface area contributed by atoms with Crippen LogP contribution in [-0.2, 0) is 4.79 Å². The van der Waals surface area contributed by atoms with Crippen molar-refractivity contribution in [3.8, 4) is 0 Å². The number of hydrogen-bond donors (Lipinski definition) is 1. The van der Waals surface area contributed by atoms with Crippen LogP contribution in [0.25, 0.3) is 0 Å². The summed E-state index contributed by atoms with van der Waals surface area (Å²) in [5.74, 6) is -0.0333. The fourth-order valence-corrected chi connectivity index (χ4v) is 1.40. The molecule has 0 rings (SSSR count). The SMILES string of the molecule is CCCCCCC(O)C(=O)C(C)(C)C. The molecule has 0 fully saturated rings. The van der Waals surface area contributed by atoms with Gasteiger partial charge in [0.25, 0.3) is 0 Å². The summed E-state index contributed by atoms with van der Waals surface area (Å²) in [4.78, 5) is 11.6. The second-order valence-corrected chi connectivity index (χ2v) is 4.98. The maximum atomic E-state index is 11.6. The molecule has 0 aromatic carbocycles. The quantitative estimate of drug-likeness (QED) is 0.669. The summed E-state index contributed by atoms with van der Waals surface area (Å²) in [6.45, 7) is 7.70. The van der Waals surface area contributed by atoms with E-state index in [1.54, 1.807) is 0 Å². The van der Waals surface area contributed by atoms with Gasteiger partial charge in [-0.3, -0.25) is 4.79 Å². The average molecular weight is 200 g/mol. The minimum atomic E-state index is -0.758. The third-order valence-electron chi connectivity index (χ3n) is 2.37. The number of rotatable bonds is 6. The van der Waals surface area contributed by atoms with E-state index in [4.69, 9.17) is 0 Å². The van der Waals surface area contributed by atoms with Crippen LogP contribution in [0.5, 0.6) is 0 Å². The first-order valence-electron chi connectivity index (χ1n) is 5.62. The number of carbonyl (C=O) groups is 1. The fourth-order valence-electron chi connectivity index (χ4n) is 1.40. The van der Waals surface area contributed by atoms with Gasteiger partial charge in [-0.25, -0.2) is 0 Å². The molecule has 1 atom stereocenters. The monoisotopic (exact) mass is 200 g/mol. The number of aliphatic hydroxyl groups is 1. The molecule has 1 N–H and O–H groups in total. The van der Waals surface area contributed by atoms with E-state index in [1.165, 1.54) is 12.8 Å². The van der Waals surface area contributed by atoms with E-state index in [-0.39, 0.29) is 5.78 Å². The Morgan fingerprint density at radius 2 is 1.79 bits per heavy atom. The molecular weight excluding hydrogens is 176 g/mol. The standard InChI is InChI=1S/C12H24O2/c1-5-6-7-8-9-10(13)11(14)12(2,3)4/h10,13H,5-9H2,1-4H3. The van der Waals surface area contributed by atoms with Crippen molar-refractivity contribution in [1.82, 2.24) is 0 Å². The van der Waals surface area contributed by atoms with Crippen LogP contribution in [-0.4, -0.2) is 17.0 Å². The maximum absolute atomic E-state index is 11.6. The molecule has 1 unspecified atom stereocenters. The molecule has 0 aliphatic carbocycles. The first-order chi connectivity index (χ1) is 6.39. The lowest BCUT2D eigenvalue weighted by Gasteiger charge is -2.20. The molecule has 0 saturated carbocycles. The summed E-state index contributed by atoms with van der Waals surface area (Å²) in [5.41, 5.74) is -0.413. The van der Waals surface area contributed by atoms with Gasteiger partial charge in [0.2, 0.25) is 0 Å². The molecule has 0 spiro atoms. The van der Waals surface area contributed by atoms with Crippen molar-refractivity contribution in [2.24, 2.45) is 5.41 Å². The van der Waals surface area contributed by atoms with Crippen LogP contribution in [0, 0.1) is 5.41 Å². The van der Waals surface area contributed by atoms with Gasteiger partial charge in [-0.05, 0) is 6.42 Å². The third-order valence-corrected chi connectivity index (χ3v) is 2.37. The molecule has 0 saturated heterocycles. The Balaban J connectivity index is 3.74. The van der Waals surface area contributed by atoms with E-state index in [0.29, 0.717) is 6.42 Å². The molecule has 2 nitrogen and oxygen atoms in total. The van der Waals surface area contributed by atoms with Gasteiger partial charge in [0.05, 0.1) is 0 Å². The minimum Gasteiger partial charge on any atom is -0.385 e. The lowest BCUT2D eigenvalue weighted by molar-refractivity contribution is -0.135. The molecule has 84 valence electrons. The number of carbonyl (C=O) groups excluding carboxylic acids is 1. The van der Waals surface area contributed by atoms with Crippen LogP contribution in [0.4, 0.5) is 0 Å². The molecule has 0 bridgehead atoms. The number of unbranched alkanes of at least 4 members (excludes halogenated alkanes) is 3. The van der Waals surface area contributed by atoms with Crippen LogP contribution >= 0.6 is 0 Å². The first-order valence-corrected chi connectivity index (χ1v) is 5.62. The Morgan fingerprint density at radius 1 is 1.21 bits per heavy atom.